The summed E-state index contributed by atoms with van der Waals surface area (Å²) in [5.74, 6) is 0.819. The number of amidine groups is 1. The van der Waals surface area contributed by atoms with Gasteiger partial charge in [-0.05, 0) is 30.7 Å². The molecule has 20 heavy (non-hydrogen) atoms. The van der Waals surface area contributed by atoms with Crippen molar-refractivity contribution < 1.29 is 9.94 Å². The Morgan fingerprint density at radius 2 is 2.10 bits per heavy atom. The lowest BCUT2D eigenvalue weighted by Gasteiger charge is -2.09. The lowest BCUT2D eigenvalue weighted by atomic mass is 10.1. The second-order valence-corrected chi connectivity index (χ2v) is 4.80. The summed E-state index contributed by atoms with van der Waals surface area (Å²) in [6.07, 6.45) is 0. The van der Waals surface area contributed by atoms with Crippen molar-refractivity contribution in [3.8, 4) is 5.75 Å². The Labute approximate surface area is 122 Å². The summed E-state index contributed by atoms with van der Waals surface area (Å²) in [7, 11) is 0. The van der Waals surface area contributed by atoms with Gasteiger partial charge in [0.1, 0.15) is 12.4 Å². The molecule has 0 radical (unpaired) electrons. The minimum Gasteiger partial charge on any atom is -0.489 e. The van der Waals surface area contributed by atoms with Crippen LogP contribution in [0.15, 0.2) is 47.6 Å². The average Bonchev–Trinajstić information content (AvgIpc) is 2.45. The zero-order valence-electron chi connectivity index (χ0n) is 11.0. The van der Waals surface area contributed by atoms with Gasteiger partial charge in [-0.1, -0.05) is 41.0 Å². The number of ether oxygens (including phenoxy) is 1. The maximum Gasteiger partial charge on any atom is 0.170 e. The van der Waals surface area contributed by atoms with E-state index in [4.69, 9.17) is 27.3 Å². The topological polar surface area (TPSA) is 67.8 Å². The van der Waals surface area contributed by atoms with E-state index in [1.165, 1.54) is 0 Å². The fraction of sp³-hybridized carbons (Fsp3) is 0.133. The lowest BCUT2D eigenvalue weighted by Crippen LogP contribution is -2.13. The molecule has 0 aliphatic rings. The molecule has 5 heteroatoms. The second-order valence-electron chi connectivity index (χ2n) is 4.40. The van der Waals surface area contributed by atoms with Gasteiger partial charge in [0.2, 0.25) is 0 Å². The van der Waals surface area contributed by atoms with Crippen LogP contribution in [0.4, 0.5) is 0 Å². The summed E-state index contributed by atoms with van der Waals surface area (Å²) in [4.78, 5) is 0. The zero-order chi connectivity index (χ0) is 14.5. The van der Waals surface area contributed by atoms with E-state index < -0.39 is 0 Å². The van der Waals surface area contributed by atoms with Crippen LogP contribution in [-0.2, 0) is 6.61 Å². The number of rotatable bonds is 4. The van der Waals surface area contributed by atoms with Crippen molar-refractivity contribution >= 4 is 17.4 Å². The minimum absolute atomic E-state index is 0.0260. The molecule has 4 nitrogen and oxygen atoms in total. The van der Waals surface area contributed by atoms with Crippen molar-refractivity contribution in [3.05, 3.63) is 64.2 Å². The van der Waals surface area contributed by atoms with Crippen LogP contribution in [-0.4, -0.2) is 11.0 Å². The molecule has 0 saturated heterocycles. The molecule has 3 N–H and O–H groups in total. The van der Waals surface area contributed by atoms with E-state index in [0.29, 0.717) is 17.2 Å². The molecule has 0 aliphatic heterocycles. The molecule has 0 spiro atoms. The van der Waals surface area contributed by atoms with Gasteiger partial charge >= 0.3 is 0 Å². The first-order valence-corrected chi connectivity index (χ1v) is 6.43. The summed E-state index contributed by atoms with van der Waals surface area (Å²) in [6, 6.07) is 13.0. The standard InChI is InChI=1S/C15H15ClN2O2/c1-10-3-2-4-13(7-10)20-9-12-6-5-11(8-14(12)16)15(17)18-19/h2-8,19H,9H2,1H3,(H2,17,18). The number of oxime groups is 1. The first kappa shape index (κ1) is 14.2. The van der Waals surface area contributed by atoms with Crippen LogP contribution in [0, 0.1) is 6.92 Å². The fourth-order valence-electron chi connectivity index (χ4n) is 1.75. The summed E-state index contributed by atoms with van der Waals surface area (Å²) in [5, 5.41) is 12.1. The number of hydrogen-bond acceptors (Lipinski definition) is 3. The van der Waals surface area contributed by atoms with E-state index in [2.05, 4.69) is 5.16 Å². The van der Waals surface area contributed by atoms with Gasteiger partial charge < -0.3 is 15.7 Å². The quantitative estimate of drug-likeness (QED) is 0.393. The summed E-state index contributed by atoms with van der Waals surface area (Å²) < 4.78 is 5.69. The maximum absolute atomic E-state index is 8.62. The SMILES string of the molecule is Cc1cccc(OCc2ccc(/C(N)=N/O)cc2Cl)c1. The Balaban J connectivity index is 2.11. The van der Waals surface area contributed by atoms with Crippen LogP contribution in [0.25, 0.3) is 0 Å². The highest BCUT2D eigenvalue weighted by Gasteiger charge is 2.06. The maximum atomic E-state index is 8.62. The molecule has 2 rings (SSSR count). The van der Waals surface area contributed by atoms with E-state index in [0.717, 1.165) is 16.9 Å². The largest absolute Gasteiger partial charge is 0.489 e. The Hall–Kier alpha value is -2.20. The van der Waals surface area contributed by atoms with E-state index in [-0.39, 0.29) is 5.84 Å². The normalized spacial score (nSPS) is 11.4. The molecule has 0 fully saturated rings. The molecule has 0 unspecified atom stereocenters. The van der Waals surface area contributed by atoms with Gasteiger partial charge in [-0.2, -0.15) is 0 Å². The smallest absolute Gasteiger partial charge is 0.170 e. The van der Waals surface area contributed by atoms with Crippen molar-refractivity contribution in [2.75, 3.05) is 0 Å². The third-order valence-corrected chi connectivity index (χ3v) is 3.19. The Kier molecular flexibility index (Phi) is 4.48. The molecular weight excluding hydrogens is 276 g/mol. The van der Waals surface area contributed by atoms with Crippen LogP contribution in [0.1, 0.15) is 16.7 Å². The number of nitrogens with zero attached hydrogens (tertiary/aromatic N) is 1. The Morgan fingerprint density at radius 3 is 2.75 bits per heavy atom. The molecule has 0 aromatic heterocycles. The molecule has 0 heterocycles. The molecule has 2 aromatic rings. The predicted octanol–water partition coefficient (Wildman–Crippen LogP) is 3.32. The molecular formula is C15H15ClN2O2. The van der Waals surface area contributed by atoms with Gasteiger partial charge in [-0.15, -0.1) is 0 Å². The highest BCUT2D eigenvalue weighted by atomic mass is 35.5. The molecule has 0 atom stereocenters. The number of benzene rings is 2. The van der Waals surface area contributed by atoms with E-state index in [1.54, 1.807) is 18.2 Å². The van der Waals surface area contributed by atoms with Crippen LogP contribution < -0.4 is 10.5 Å². The van der Waals surface area contributed by atoms with Crippen molar-refractivity contribution in [2.24, 2.45) is 10.9 Å². The van der Waals surface area contributed by atoms with Crippen LogP contribution in [0.5, 0.6) is 5.75 Å². The van der Waals surface area contributed by atoms with Gasteiger partial charge in [-0.3, -0.25) is 0 Å². The Bertz CT molecular complexity index is 642. The Morgan fingerprint density at radius 1 is 1.30 bits per heavy atom. The molecule has 0 bridgehead atoms. The minimum atomic E-state index is 0.0260. The first-order valence-electron chi connectivity index (χ1n) is 6.06. The van der Waals surface area contributed by atoms with Crippen LogP contribution in [0.2, 0.25) is 5.02 Å². The number of hydrogen-bond donors (Lipinski definition) is 2. The van der Waals surface area contributed by atoms with Crippen molar-refractivity contribution in [1.29, 1.82) is 0 Å². The third kappa shape index (κ3) is 3.42. The highest BCUT2D eigenvalue weighted by Crippen LogP contribution is 2.21. The average molecular weight is 291 g/mol. The van der Waals surface area contributed by atoms with Gasteiger partial charge in [0, 0.05) is 16.1 Å². The summed E-state index contributed by atoms with van der Waals surface area (Å²) in [5.41, 5.74) is 8.04. The zero-order valence-corrected chi connectivity index (χ0v) is 11.8. The molecule has 0 saturated carbocycles. The second kappa shape index (κ2) is 6.30. The van der Waals surface area contributed by atoms with Gasteiger partial charge in [-0.25, -0.2) is 0 Å². The molecule has 0 amide bonds. The van der Waals surface area contributed by atoms with E-state index >= 15 is 0 Å². The monoisotopic (exact) mass is 290 g/mol. The van der Waals surface area contributed by atoms with E-state index in [9.17, 15) is 0 Å². The highest BCUT2D eigenvalue weighted by molar-refractivity contribution is 6.31. The summed E-state index contributed by atoms with van der Waals surface area (Å²) in [6.45, 7) is 2.37. The third-order valence-electron chi connectivity index (χ3n) is 2.84. The number of halogens is 1. The van der Waals surface area contributed by atoms with Gasteiger partial charge in [0.05, 0.1) is 0 Å². The molecule has 2 aromatic carbocycles. The van der Waals surface area contributed by atoms with Crippen molar-refractivity contribution in [2.45, 2.75) is 13.5 Å². The number of aryl methyl sites for hydroxylation is 1. The lowest BCUT2D eigenvalue weighted by molar-refractivity contribution is 0.306. The van der Waals surface area contributed by atoms with Gasteiger partial charge in [0.15, 0.2) is 5.84 Å². The molecule has 104 valence electrons. The van der Waals surface area contributed by atoms with Crippen LogP contribution >= 0.6 is 11.6 Å². The van der Waals surface area contributed by atoms with Crippen molar-refractivity contribution in [1.82, 2.24) is 0 Å². The molecule has 0 aliphatic carbocycles. The predicted molar refractivity (Wildman–Crippen MR) is 79.5 cm³/mol. The first-order chi connectivity index (χ1) is 9.60. The van der Waals surface area contributed by atoms with Gasteiger partial charge in [0.25, 0.3) is 0 Å². The number of nitrogens with two attached hydrogens (primary N) is 1. The van der Waals surface area contributed by atoms with Crippen molar-refractivity contribution in [3.63, 3.8) is 0 Å². The fourth-order valence-corrected chi connectivity index (χ4v) is 1.98. The van der Waals surface area contributed by atoms with Crippen LogP contribution in [0.3, 0.4) is 0 Å². The van der Waals surface area contributed by atoms with E-state index in [1.807, 2.05) is 31.2 Å². The summed E-state index contributed by atoms with van der Waals surface area (Å²) >= 11 is 6.16.